The van der Waals surface area contributed by atoms with Crippen LogP contribution in [0, 0.1) is 34.3 Å². The van der Waals surface area contributed by atoms with E-state index in [9.17, 15) is 5.21 Å². The molecule has 1 aromatic rings. The third-order valence-electron chi connectivity index (χ3n) is 10.3. The Bertz CT molecular complexity index is 889. The van der Waals surface area contributed by atoms with Gasteiger partial charge in [0, 0.05) is 22.9 Å². The van der Waals surface area contributed by atoms with E-state index >= 15 is 0 Å². The Hall–Kier alpha value is -1.18. The van der Waals surface area contributed by atoms with Gasteiger partial charge >= 0.3 is 0 Å². The van der Waals surface area contributed by atoms with E-state index in [0.717, 1.165) is 36.1 Å². The van der Waals surface area contributed by atoms with Crippen molar-refractivity contribution in [3.63, 3.8) is 0 Å². The molecule has 0 radical (unpaired) electrons. The van der Waals surface area contributed by atoms with Crippen molar-refractivity contribution in [2.45, 2.75) is 75.5 Å². The van der Waals surface area contributed by atoms with Gasteiger partial charge in [-0.15, -0.1) is 10.1 Å². The van der Waals surface area contributed by atoms with Crippen LogP contribution in [0.5, 0.6) is 0 Å². The Morgan fingerprint density at radius 1 is 1.12 bits per heavy atom. The predicted octanol–water partition coefficient (Wildman–Crippen LogP) is 1.86. The Balaban J connectivity index is 1.20. The van der Waals surface area contributed by atoms with Crippen molar-refractivity contribution in [2.75, 3.05) is 0 Å². The molecule has 7 nitrogen and oxygen atoms in total. The van der Waals surface area contributed by atoms with Gasteiger partial charge in [-0.2, -0.15) is 0 Å². The first-order chi connectivity index (χ1) is 12.5. The highest BCUT2D eigenvalue weighted by atomic mass is 17.0. The summed E-state index contributed by atoms with van der Waals surface area (Å²) in [6.45, 7) is 4.88. The molecule has 1 aromatic heterocycles. The number of rotatable bonds is 0. The monoisotopic (exact) mass is 356 g/mol. The molecule has 3 saturated carbocycles. The first-order valence-electron chi connectivity index (χ1n) is 10.4. The largest absolute Gasteiger partial charge is 0.359 e. The van der Waals surface area contributed by atoms with Crippen LogP contribution in [0.3, 0.4) is 0 Å². The average Bonchev–Trinajstić information content (AvgIpc) is 3.03. The van der Waals surface area contributed by atoms with E-state index in [1.54, 1.807) is 0 Å². The second-order valence-electron chi connectivity index (χ2n) is 10.6. The SMILES string of the molecule is C[C@]12CCC3[C@@H](CC[C@H]4C56N7ON5C76CC[C@]34C)[C@@H]1Cc1no[n+]([O-])c12. The van der Waals surface area contributed by atoms with E-state index in [1.807, 2.05) is 0 Å². The van der Waals surface area contributed by atoms with Crippen LogP contribution in [-0.4, -0.2) is 26.6 Å². The zero-order valence-corrected chi connectivity index (χ0v) is 15.3. The van der Waals surface area contributed by atoms with Crippen LogP contribution >= 0.6 is 0 Å². The van der Waals surface area contributed by atoms with Crippen molar-refractivity contribution in [2.24, 2.45) is 29.1 Å². The molecule has 9 rings (SSSR count). The van der Waals surface area contributed by atoms with E-state index in [1.165, 1.54) is 32.1 Å². The van der Waals surface area contributed by atoms with Gasteiger partial charge in [-0.05, 0) is 66.6 Å². The van der Waals surface area contributed by atoms with Gasteiger partial charge in [0.2, 0.25) is 11.4 Å². The van der Waals surface area contributed by atoms with Crippen molar-refractivity contribution in [1.29, 1.82) is 0 Å². The number of hydrogen-bond acceptors (Lipinski definition) is 6. The van der Waals surface area contributed by atoms with Crippen LogP contribution < -0.4 is 4.90 Å². The number of hydrogen-bond donors (Lipinski definition) is 0. The van der Waals surface area contributed by atoms with E-state index in [0.29, 0.717) is 33.5 Å². The minimum Gasteiger partial charge on any atom is -0.359 e. The summed E-state index contributed by atoms with van der Waals surface area (Å²) in [7, 11) is 0. The smallest absolute Gasteiger partial charge is 0.222 e. The summed E-state index contributed by atoms with van der Waals surface area (Å²) in [5.74, 6) is 2.80. The highest BCUT2D eigenvalue weighted by Crippen LogP contribution is 2.92. The Kier molecular flexibility index (Phi) is 1.85. The van der Waals surface area contributed by atoms with Crippen LogP contribution in [0.2, 0.25) is 0 Å². The summed E-state index contributed by atoms with van der Waals surface area (Å²) in [5.41, 5.74) is 2.77. The molecule has 138 valence electrons. The molecule has 7 fully saturated rings. The predicted molar refractivity (Wildman–Crippen MR) is 86.5 cm³/mol. The molecular weight excluding hydrogens is 332 g/mol. The normalized spacial score (nSPS) is 64.8. The van der Waals surface area contributed by atoms with Gasteiger partial charge in [0.25, 0.3) is 0 Å². The lowest BCUT2D eigenvalue weighted by atomic mass is 9.45. The van der Waals surface area contributed by atoms with Gasteiger partial charge in [-0.3, -0.25) is 4.63 Å². The highest BCUT2D eigenvalue weighted by Gasteiger charge is 3.12. The molecular formula is C19H24N4O3. The third-order valence-corrected chi connectivity index (χ3v) is 10.3. The maximum Gasteiger partial charge on any atom is 0.222 e. The van der Waals surface area contributed by atoms with Gasteiger partial charge in [0.05, 0.1) is 0 Å². The second kappa shape index (κ2) is 3.47. The van der Waals surface area contributed by atoms with Crippen LogP contribution in [0.4, 0.5) is 0 Å². The van der Waals surface area contributed by atoms with Gasteiger partial charge in [-0.1, -0.05) is 13.8 Å². The molecule has 4 saturated heterocycles. The van der Waals surface area contributed by atoms with Gasteiger partial charge in [0.1, 0.15) is 0 Å². The summed E-state index contributed by atoms with van der Waals surface area (Å²) >= 11 is 0. The molecule has 4 aliphatic carbocycles. The molecule has 8 aliphatic rings. The molecule has 3 unspecified atom stereocenters. The molecule has 0 aromatic carbocycles. The first-order valence-corrected chi connectivity index (χ1v) is 10.4. The van der Waals surface area contributed by atoms with Crippen LogP contribution in [-0.2, 0) is 16.8 Å². The number of nitrogens with zero attached hydrogens (tertiary/aromatic N) is 4. The Morgan fingerprint density at radius 3 is 2.77 bits per heavy atom. The zero-order valence-electron chi connectivity index (χ0n) is 15.3. The molecule has 8 atom stereocenters. The number of hydroxylamine groups is 4. The minimum absolute atomic E-state index is 0.0461. The molecule has 7 heteroatoms. The zero-order chi connectivity index (χ0) is 17.3. The molecule has 0 N–H and O–H groups in total. The van der Waals surface area contributed by atoms with E-state index < -0.39 is 0 Å². The minimum atomic E-state index is -0.0461. The van der Waals surface area contributed by atoms with Crippen molar-refractivity contribution in [1.82, 2.24) is 15.3 Å². The molecule has 0 amide bonds. The maximum absolute atomic E-state index is 12.2. The van der Waals surface area contributed by atoms with Crippen LogP contribution in [0.1, 0.15) is 63.8 Å². The summed E-state index contributed by atoms with van der Waals surface area (Å²) in [6, 6.07) is 0. The van der Waals surface area contributed by atoms with E-state index in [-0.39, 0.29) is 5.41 Å². The summed E-state index contributed by atoms with van der Waals surface area (Å²) in [5, 5.41) is 20.9. The molecule has 26 heavy (non-hydrogen) atoms. The van der Waals surface area contributed by atoms with Crippen molar-refractivity contribution in [3.8, 4) is 0 Å². The maximum atomic E-state index is 12.2. The standard InChI is InChI=1S/C19H24N4O3/c1-16-7-8-18-19(22(18)26-23(18)19)14(16)4-3-10-11(16)5-6-17(2)12(10)9-13-15(17)21(24)25-20-13/h10-12,14H,3-9H2,1-2H3/t10-,11?,12+,14-,16-,17+,18?,19?,22?,23?/m1/s1. The lowest BCUT2D eigenvalue weighted by molar-refractivity contribution is -0.810. The van der Waals surface area contributed by atoms with Crippen molar-refractivity contribution in [3.05, 3.63) is 16.6 Å². The van der Waals surface area contributed by atoms with E-state index in [2.05, 4.69) is 29.1 Å². The summed E-state index contributed by atoms with van der Waals surface area (Å²) < 4.78 is 4.93. The number of aromatic nitrogens is 2. The fraction of sp³-hybridized carbons (Fsp3) is 0.895. The number of fused-ring (bicyclic) bond motifs is 7. The Morgan fingerprint density at radius 2 is 1.96 bits per heavy atom. The fourth-order valence-corrected chi connectivity index (χ4v) is 9.16. The summed E-state index contributed by atoms with van der Waals surface area (Å²) in [4.78, 5) is 6.37. The first kappa shape index (κ1) is 13.9. The fourth-order valence-electron chi connectivity index (χ4n) is 9.16. The quantitative estimate of drug-likeness (QED) is 0.522. The van der Waals surface area contributed by atoms with Crippen molar-refractivity contribution >= 4 is 0 Å². The van der Waals surface area contributed by atoms with Gasteiger partial charge < -0.3 is 5.21 Å². The van der Waals surface area contributed by atoms with Crippen LogP contribution in [0.15, 0.2) is 4.63 Å². The lowest BCUT2D eigenvalue weighted by Gasteiger charge is -2.59. The molecule has 2 bridgehead atoms. The van der Waals surface area contributed by atoms with Gasteiger partial charge in [0.15, 0.2) is 11.3 Å². The van der Waals surface area contributed by atoms with E-state index in [4.69, 9.17) is 9.57 Å². The van der Waals surface area contributed by atoms with Crippen molar-refractivity contribution < 1.29 is 14.5 Å². The summed E-state index contributed by atoms with van der Waals surface area (Å²) in [6.07, 6.45) is 8.47. The van der Waals surface area contributed by atoms with Gasteiger partial charge in [-0.25, -0.2) is 4.94 Å². The topological polar surface area (TPSA) is 68.2 Å². The van der Waals surface area contributed by atoms with Crippen LogP contribution in [0.25, 0.3) is 0 Å². The molecule has 4 aliphatic heterocycles. The average molecular weight is 356 g/mol. The molecule has 2 spiro atoms. The lowest BCUT2D eigenvalue weighted by Crippen LogP contribution is -2.59. The highest BCUT2D eigenvalue weighted by molar-refractivity contribution is 5.47. The second-order valence-corrected chi connectivity index (χ2v) is 10.6. The Labute approximate surface area is 151 Å². The third kappa shape index (κ3) is 0.989. The molecule has 5 heterocycles.